The normalized spacial score (nSPS) is 14.1. The fourth-order valence-corrected chi connectivity index (χ4v) is 2.97. The van der Waals surface area contributed by atoms with E-state index in [-0.39, 0.29) is 6.10 Å². The molecule has 108 valence electrons. The molecule has 1 aromatic heterocycles. The molecule has 2 atom stereocenters. The summed E-state index contributed by atoms with van der Waals surface area (Å²) in [6.07, 6.45) is -0.418. The molecule has 3 nitrogen and oxygen atoms in total. The smallest absolute Gasteiger partial charge is 0.122 e. The maximum Gasteiger partial charge on any atom is 0.122 e. The number of hydrogen-bond acceptors (Lipinski definition) is 4. The van der Waals surface area contributed by atoms with Crippen molar-refractivity contribution in [2.75, 3.05) is 0 Å². The summed E-state index contributed by atoms with van der Waals surface area (Å²) in [5.41, 5.74) is 1.03. The van der Waals surface area contributed by atoms with E-state index < -0.39 is 6.10 Å². The first kappa shape index (κ1) is 15.3. The van der Waals surface area contributed by atoms with E-state index in [1.807, 2.05) is 32.9 Å². The van der Waals surface area contributed by atoms with Crippen LogP contribution in [0.1, 0.15) is 22.5 Å². The van der Waals surface area contributed by atoms with E-state index in [1.54, 1.807) is 23.5 Å². The fraction of sp³-hybridized carbons (Fsp3) is 0.400. The molecule has 0 spiro atoms. The predicted octanol–water partition coefficient (Wildman–Crippen LogP) is 3.78. The highest BCUT2D eigenvalue weighted by Crippen LogP contribution is 2.22. The molecular formula is C15H18ClNO2S. The number of aromatic nitrogens is 1. The SMILES string of the molecule is Cc1nc(CC(O)C(C)Oc2cccc(Cl)c2)sc1C. The first-order chi connectivity index (χ1) is 9.45. The monoisotopic (exact) mass is 311 g/mol. The average Bonchev–Trinajstić information content (AvgIpc) is 2.68. The molecule has 0 saturated heterocycles. The Hall–Kier alpha value is -1.10. The van der Waals surface area contributed by atoms with E-state index in [4.69, 9.17) is 16.3 Å². The first-order valence-corrected chi connectivity index (χ1v) is 7.68. The Kier molecular flexibility index (Phi) is 5.02. The highest BCUT2D eigenvalue weighted by molar-refractivity contribution is 7.11. The summed E-state index contributed by atoms with van der Waals surface area (Å²) in [5.74, 6) is 0.663. The van der Waals surface area contributed by atoms with Crippen LogP contribution in [0.4, 0.5) is 0 Å². The Morgan fingerprint density at radius 2 is 2.15 bits per heavy atom. The van der Waals surface area contributed by atoms with E-state index in [2.05, 4.69) is 4.98 Å². The Labute approximate surface area is 128 Å². The number of halogens is 1. The third-order valence-electron chi connectivity index (χ3n) is 3.12. The molecule has 1 N–H and O–H groups in total. The number of aliphatic hydroxyl groups excluding tert-OH is 1. The zero-order valence-electron chi connectivity index (χ0n) is 11.8. The van der Waals surface area contributed by atoms with Gasteiger partial charge in [0.15, 0.2) is 0 Å². The lowest BCUT2D eigenvalue weighted by atomic mass is 10.1. The van der Waals surface area contributed by atoms with Gasteiger partial charge in [0, 0.05) is 16.3 Å². The Bertz CT molecular complexity index is 566. The van der Waals surface area contributed by atoms with E-state index in [1.165, 1.54) is 4.88 Å². The van der Waals surface area contributed by atoms with Crippen LogP contribution in [0.5, 0.6) is 5.75 Å². The van der Waals surface area contributed by atoms with Crippen molar-refractivity contribution in [2.45, 2.75) is 39.4 Å². The van der Waals surface area contributed by atoms with Crippen molar-refractivity contribution >= 4 is 22.9 Å². The summed E-state index contributed by atoms with van der Waals surface area (Å²) in [5, 5.41) is 11.8. The molecule has 0 amide bonds. The third-order valence-corrected chi connectivity index (χ3v) is 4.45. The molecule has 0 radical (unpaired) electrons. The molecule has 2 rings (SSSR count). The number of ether oxygens (including phenoxy) is 1. The number of thiazole rings is 1. The van der Waals surface area contributed by atoms with Crippen LogP contribution in [-0.4, -0.2) is 22.3 Å². The van der Waals surface area contributed by atoms with Crippen molar-refractivity contribution in [1.82, 2.24) is 4.98 Å². The zero-order chi connectivity index (χ0) is 14.7. The van der Waals surface area contributed by atoms with Crippen LogP contribution in [-0.2, 0) is 6.42 Å². The molecule has 1 heterocycles. The van der Waals surface area contributed by atoms with Crippen LogP contribution < -0.4 is 4.74 Å². The van der Waals surface area contributed by atoms with Crippen LogP contribution in [0.25, 0.3) is 0 Å². The molecule has 0 fully saturated rings. The van der Waals surface area contributed by atoms with Gasteiger partial charge in [-0.05, 0) is 39.0 Å². The summed E-state index contributed by atoms with van der Waals surface area (Å²) in [6.45, 7) is 5.86. The fourth-order valence-electron chi connectivity index (χ4n) is 1.80. The van der Waals surface area contributed by atoms with Gasteiger partial charge >= 0.3 is 0 Å². The third kappa shape index (κ3) is 3.95. The van der Waals surface area contributed by atoms with Crippen molar-refractivity contribution in [1.29, 1.82) is 0 Å². The van der Waals surface area contributed by atoms with Crippen molar-refractivity contribution in [2.24, 2.45) is 0 Å². The quantitative estimate of drug-likeness (QED) is 0.913. The second-order valence-electron chi connectivity index (χ2n) is 4.80. The van der Waals surface area contributed by atoms with E-state index in [0.29, 0.717) is 17.2 Å². The summed E-state index contributed by atoms with van der Waals surface area (Å²) in [7, 11) is 0. The van der Waals surface area contributed by atoms with Crippen molar-refractivity contribution in [3.8, 4) is 5.75 Å². The summed E-state index contributed by atoms with van der Waals surface area (Å²) >= 11 is 7.53. The van der Waals surface area contributed by atoms with Gasteiger partial charge in [-0.2, -0.15) is 0 Å². The van der Waals surface area contributed by atoms with Crippen LogP contribution in [0.15, 0.2) is 24.3 Å². The molecule has 2 unspecified atom stereocenters. The lowest BCUT2D eigenvalue weighted by molar-refractivity contribution is 0.0478. The lowest BCUT2D eigenvalue weighted by Crippen LogP contribution is -2.30. The van der Waals surface area contributed by atoms with Crippen molar-refractivity contribution < 1.29 is 9.84 Å². The van der Waals surface area contributed by atoms with Gasteiger partial charge < -0.3 is 9.84 Å². The van der Waals surface area contributed by atoms with Crippen LogP contribution in [0, 0.1) is 13.8 Å². The van der Waals surface area contributed by atoms with Gasteiger partial charge in [0.1, 0.15) is 11.9 Å². The number of benzene rings is 1. The molecule has 0 aliphatic carbocycles. The Balaban J connectivity index is 1.96. The van der Waals surface area contributed by atoms with Gasteiger partial charge in [-0.15, -0.1) is 11.3 Å². The molecule has 0 bridgehead atoms. The first-order valence-electron chi connectivity index (χ1n) is 6.49. The van der Waals surface area contributed by atoms with Crippen LogP contribution >= 0.6 is 22.9 Å². The van der Waals surface area contributed by atoms with E-state index in [0.717, 1.165) is 10.7 Å². The predicted molar refractivity (Wildman–Crippen MR) is 82.8 cm³/mol. The van der Waals surface area contributed by atoms with Crippen LogP contribution in [0.3, 0.4) is 0 Å². The van der Waals surface area contributed by atoms with Gasteiger partial charge in [-0.25, -0.2) is 4.98 Å². The largest absolute Gasteiger partial charge is 0.488 e. The molecule has 2 aromatic rings. The second-order valence-corrected chi connectivity index (χ2v) is 6.53. The van der Waals surface area contributed by atoms with Gasteiger partial charge in [0.25, 0.3) is 0 Å². The minimum atomic E-state index is -0.598. The van der Waals surface area contributed by atoms with Crippen LogP contribution in [0.2, 0.25) is 5.02 Å². The maximum atomic E-state index is 10.2. The maximum absolute atomic E-state index is 10.2. The average molecular weight is 312 g/mol. The Morgan fingerprint density at radius 1 is 1.40 bits per heavy atom. The molecule has 0 saturated carbocycles. The number of rotatable bonds is 5. The number of hydrogen-bond donors (Lipinski definition) is 1. The molecule has 20 heavy (non-hydrogen) atoms. The summed E-state index contributed by atoms with van der Waals surface area (Å²) in [6, 6.07) is 7.18. The van der Waals surface area contributed by atoms with Crippen molar-refractivity contribution in [3.05, 3.63) is 44.9 Å². The zero-order valence-corrected chi connectivity index (χ0v) is 13.3. The minimum Gasteiger partial charge on any atom is -0.488 e. The summed E-state index contributed by atoms with van der Waals surface area (Å²) < 4.78 is 5.71. The topological polar surface area (TPSA) is 42.4 Å². The summed E-state index contributed by atoms with van der Waals surface area (Å²) in [4.78, 5) is 5.63. The van der Waals surface area contributed by atoms with Gasteiger partial charge in [0.2, 0.25) is 0 Å². The highest BCUT2D eigenvalue weighted by Gasteiger charge is 2.18. The van der Waals surface area contributed by atoms with E-state index in [9.17, 15) is 5.11 Å². The molecule has 1 aromatic carbocycles. The number of aliphatic hydroxyl groups is 1. The van der Waals surface area contributed by atoms with Crippen molar-refractivity contribution in [3.63, 3.8) is 0 Å². The molecule has 5 heteroatoms. The standard InChI is InChI=1S/C15H18ClNO2S/c1-9-11(3)20-15(17-9)8-14(18)10(2)19-13-6-4-5-12(16)7-13/h4-7,10,14,18H,8H2,1-3H3. The van der Waals surface area contributed by atoms with Gasteiger partial charge in [-0.3, -0.25) is 0 Å². The number of aryl methyl sites for hydroxylation is 2. The minimum absolute atomic E-state index is 0.321. The van der Waals surface area contributed by atoms with E-state index >= 15 is 0 Å². The lowest BCUT2D eigenvalue weighted by Gasteiger charge is -2.19. The van der Waals surface area contributed by atoms with Gasteiger partial charge in [-0.1, -0.05) is 17.7 Å². The highest BCUT2D eigenvalue weighted by atomic mass is 35.5. The molecule has 0 aliphatic rings. The second kappa shape index (κ2) is 6.57. The molecular weight excluding hydrogens is 294 g/mol. The Morgan fingerprint density at radius 3 is 2.75 bits per heavy atom. The number of nitrogens with zero attached hydrogens (tertiary/aromatic N) is 1. The molecule has 0 aliphatic heterocycles. The van der Waals surface area contributed by atoms with Gasteiger partial charge in [0.05, 0.1) is 16.8 Å².